The maximum absolute atomic E-state index is 13.0. The molecular weight excluding hydrogens is 367 g/mol. The van der Waals surface area contributed by atoms with Gasteiger partial charge in [0.15, 0.2) is 10.0 Å². The van der Waals surface area contributed by atoms with Gasteiger partial charge in [0.25, 0.3) is 0 Å². The van der Waals surface area contributed by atoms with Gasteiger partial charge >= 0.3 is 0 Å². The van der Waals surface area contributed by atoms with E-state index in [2.05, 4.69) is 39.1 Å². The van der Waals surface area contributed by atoms with Crippen molar-refractivity contribution in [2.24, 2.45) is 0 Å². The van der Waals surface area contributed by atoms with E-state index in [0.717, 1.165) is 38.2 Å². The molecule has 0 fully saturated rings. The number of anilines is 1. The van der Waals surface area contributed by atoms with E-state index in [1.807, 2.05) is 24.9 Å². The molecule has 4 aromatic rings. The molecule has 3 aromatic heterocycles. The predicted octanol–water partition coefficient (Wildman–Crippen LogP) is 5.20. The molecule has 4 nitrogen and oxygen atoms in total. The lowest BCUT2D eigenvalue weighted by Crippen LogP contribution is -2.07. The fourth-order valence-corrected chi connectivity index (χ4v) is 4.17. The normalized spacial score (nSPS) is 10.9. The average molecular weight is 382 g/mol. The first-order chi connectivity index (χ1) is 12.6. The van der Waals surface area contributed by atoms with Gasteiger partial charge in [0.05, 0.1) is 11.4 Å². The number of halogens is 1. The zero-order valence-corrected chi connectivity index (χ0v) is 15.8. The molecule has 1 aromatic carbocycles. The van der Waals surface area contributed by atoms with Crippen molar-refractivity contribution in [1.82, 2.24) is 15.0 Å². The molecule has 26 heavy (non-hydrogen) atoms. The van der Waals surface area contributed by atoms with E-state index in [9.17, 15) is 4.39 Å². The van der Waals surface area contributed by atoms with Crippen LogP contribution in [0.1, 0.15) is 0 Å². The lowest BCUT2D eigenvalue weighted by molar-refractivity contribution is 0.584. The first-order valence-electron chi connectivity index (χ1n) is 7.91. The minimum atomic E-state index is -0.492. The van der Waals surface area contributed by atoms with Gasteiger partial charge in [0, 0.05) is 47.9 Å². The monoisotopic (exact) mass is 382 g/mol. The first kappa shape index (κ1) is 16.8. The molecule has 4 rings (SSSR count). The highest BCUT2D eigenvalue weighted by atomic mass is 32.1. The van der Waals surface area contributed by atoms with Crippen molar-refractivity contribution < 1.29 is 4.39 Å². The van der Waals surface area contributed by atoms with Gasteiger partial charge in [-0.3, -0.25) is 0 Å². The van der Waals surface area contributed by atoms with Crippen molar-refractivity contribution in [1.29, 1.82) is 0 Å². The van der Waals surface area contributed by atoms with Crippen molar-refractivity contribution >= 4 is 28.4 Å². The summed E-state index contributed by atoms with van der Waals surface area (Å²) in [5, 5.41) is 5.71. The minimum absolute atomic E-state index is 0.492. The second-order valence-electron chi connectivity index (χ2n) is 5.89. The molecule has 130 valence electrons. The quantitative estimate of drug-likeness (QED) is 0.455. The number of thiazole rings is 2. The van der Waals surface area contributed by atoms with Crippen molar-refractivity contribution in [2.75, 3.05) is 19.0 Å². The van der Waals surface area contributed by atoms with Gasteiger partial charge in [-0.15, -0.1) is 22.7 Å². The Morgan fingerprint density at radius 3 is 1.92 bits per heavy atom. The molecule has 0 bridgehead atoms. The van der Waals surface area contributed by atoms with Crippen LogP contribution in [0.25, 0.3) is 32.5 Å². The standard InChI is InChI=1S/C19H15FN4S2/c1-24(2)14-6-3-12(4-7-14)15-10-25-18(22-15)19-23-16(11-26-19)13-5-8-17(20)21-9-13/h3-11H,1-2H3. The van der Waals surface area contributed by atoms with Gasteiger partial charge in [-0.2, -0.15) is 4.39 Å². The summed E-state index contributed by atoms with van der Waals surface area (Å²) >= 11 is 3.09. The van der Waals surface area contributed by atoms with Crippen LogP contribution < -0.4 is 4.90 Å². The highest BCUT2D eigenvalue weighted by Gasteiger charge is 2.12. The van der Waals surface area contributed by atoms with E-state index in [-0.39, 0.29) is 0 Å². The molecule has 0 N–H and O–H groups in total. The highest BCUT2D eigenvalue weighted by Crippen LogP contribution is 2.33. The summed E-state index contributed by atoms with van der Waals surface area (Å²) < 4.78 is 13.0. The lowest BCUT2D eigenvalue weighted by atomic mass is 10.1. The molecule has 0 radical (unpaired) electrons. The highest BCUT2D eigenvalue weighted by molar-refractivity contribution is 7.20. The zero-order chi connectivity index (χ0) is 18.1. The Bertz CT molecular complexity index is 1020. The molecule has 3 heterocycles. The molecule has 0 aliphatic heterocycles. The Morgan fingerprint density at radius 2 is 1.38 bits per heavy atom. The average Bonchev–Trinajstić information content (AvgIpc) is 3.32. The summed E-state index contributed by atoms with van der Waals surface area (Å²) in [4.78, 5) is 15.1. The van der Waals surface area contributed by atoms with E-state index < -0.39 is 5.95 Å². The number of hydrogen-bond acceptors (Lipinski definition) is 6. The molecule has 7 heteroatoms. The van der Waals surface area contributed by atoms with Gasteiger partial charge in [-0.05, 0) is 24.3 Å². The zero-order valence-electron chi connectivity index (χ0n) is 14.2. The van der Waals surface area contributed by atoms with E-state index in [0.29, 0.717) is 0 Å². The second kappa shape index (κ2) is 6.93. The third-order valence-electron chi connectivity index (χ3n) is 3.89. The minimum Gasteiger partial charge on any atom is -0.378 e. The van der Waals surface area contributed by atoms with E-state index >= 15 is 0 Å². The Labute approximate surface area is 158 Å². The van der Waals surface area contributed by atoms with E-state index in [1.54, 1.807) is 17.4 Å². The lowest BCUT2D eigenvalue weighted by Gasteiger charge is -2.12. The molecule has 0 spiro atoms. The van der Waals surface area contributed by atoms with Crippen LogP contribution in [0.5, 0.6) is 0 Å². The smallest absolute Gasteiger partial charge is 0.212 e. The molecule has 0 saturated carbocycles. The number of nitrogens with zero attached hydrogens (tertiary/aromatic N) is 4. The molecule has 0 atom stereocenters. The van der Waals surface area contributed by atoms with Gasteiger partial charge < -0.3 is 4.90 Å². The summed E-state index contributed by atoms with van der Waals surface area (Å²) in [7, 11) is 4.04. The van der Waals surface area contributed by atoms with Crippen LogP contribution in [0, 0.1) is 5.95 Å². The van der Waals surface area contributed by atoms with Crippen LogP contribution in [0.2, 0.25) is 0 Å². The molecule has 0 aliphatic carbocycles. The predicted molar refractivity (Wildman–Crippen MR) is 106 cm³/mol. The SMILES string of the molecule is CN(C)c1ccc(-c2csc(-c3nc(-c4ccc(F)nc4)cs3)n2)cc1. The number of pyridine rings is 1. The number of rotatable bonds is 4. The van der Waals surface area contributed by atoms with Crippen LogP contribution in [-0.2, 0) is 0 Å². The fourth-order valence-electron chi connectivity index (χ4n) is 2.47. The van der Waals surface area contributed by atoms with Crippen LogP contribution in [0.3, 0.4) is 0 Å². The molecule has 0 aliphatic rings. The first-order valence-corrected chi connectivity index (χ1v) is 9.67. The summed E-state index contributed by atoms with van der Waals surface area (Å²) in [5.41, 5.74) is 4.75. The maximum atomic E-state index is 13.0. The van der Waals surface area contributed by atoms with Crippen molar-refractivity contribution in [2.45, 2.75) is 0 Å². The summed E-state index contributed by atoms with van der Waals surface area (Å²) in [6.07, 6.45) is 1.49. The largest absolute Gasteiger partial charge is 0.378 e. The summed E-state index contributed by atoms with van der Waals surface area (Å²) in [6, 6.07) is 11.3. The Morgan fingerprint density at radius 1 is 0.808 bits per heavy atom. The van der Waals surface area contributed by atoms with Crippen LogP contribution in [0.4, 0.5) is 10.1 Å². The number of hydrogen-bond donors (Lipinski definition) is 0. The number of benzene rings is 1. The van der Waals surface area contributed by atoms with Crippen molar-refractivity contribution in [3.63, 3.8) is 0 Å². The summed E-state index contributed by atoms with van der Waals surface area (Å²) in [6.45, 7) is 0. The molecule has 0 unspecified atom stereocenters. The Kier molecular flexibility index (Phi) is 4.48. The van der Waals surface area contributed by atoms with Gasteiger partial charge in [0.2, 0.25) is 5.95 Å². The topological polar surface area (TPSA) is 41.9 Å². The Hall–Kier alpha value is -2.64. The van der Waals surface area contributed by atoms with Gasteiger partial charge in [-0.1, -0.05) is 12.1 Å². The van der Waals surface area contributed by atoms with E-state index in [4.69, 9.17) is 4.98 Å². The van der Waals surface area contributed by atoms with Crippen LogP contribution >= 0.6 is 22.7 Å². The van der Waals surface area contributed by atoms with Crippen LogP contribution in [-0.4, -0.2) is 29.0 Å². The van der Waals surface area contributed by atoms with Crippen molar-refractivity contribution in [3.05, 3.63) is 59.3 Å². The van der Waals surface area contributed by atoms with Crippen molar-refractivity contribution in [3.8, 4) is 32.5 Å². The molecule has 0 amide bonds. The number of aromatic nitrogens is 3. The third-order valence-corrected chi connectivity index (χ3v) is 5.72. The Balaban J connectivity index is 1.59. The maximum Gasteiger partial charge on any atom is 0.212 e. The van der Waals surface area contributed by atoms with E-state index in [1.165, 1.54) is 23.6 Å². The van der Waals surface area contributed by atoms with Gasteiger partial charge in [0.1, 0.15) is 0 Å². The third kappa shape index (κ3) is 3.36. The van der Waals surface area contributed by atoms with Crippen LogP contribution in [0.15, 0.2) is 53.4 Å². The van der Waals surface area contributed by atoms with Gasteiger partial charge in [-0.25, -0.2) is 15.0 Å². The molecule has 0 saturated heterocycles. The molecular formula is C19H15FN4S2. The fraction of sp³-hybridized carbons (Fsp3) is 0.105. The second-order valence-corrected chi connectivity index (χ2v) is 7.60. The summed E-state index contributed by atoms with van der Waals surface area (Å²) in [5.74, 6) is -0.492.